The van der Waals surface area contributed by atoms with Crippen LogP contribution in [0.25, 0.3) is 0 Å². The van der Waals surface area contributed by atoms with Crippen LogP contribution >= 0.6 is 0 Å². The fourth-order valence-electron chi connectivity index (χ4n) is 1.07. The molecule has 1 fully saturated rings. The molecule has 0 bridgehead atoms. The maximum atomic E-state index is 10.6. The van der Waals surface area contributed by atoms with E-state index in [-0.39, 0.29) is 0 Å². The minimum Gasteiger partial charge on any atom is -0.364 e. The molecule has 0 unspecified atom stereocenters. The number of amides is 1. The molecule has 1 amide bonds. The normalized spacial score (nSPS) is 16.7. The summed E-state index contributed by atoms with van der Waals surface area (Å²) in [6.07, 6.45) is 2.39. The zero-order valence-corrected chi connectivity index (χ0v) is 6.00. The van der Waals surface area contributed by atoms with Crippen molar-refractivity contribution >= 4 is 5.91 Å². The van der Waals surface area contributed by atoms with Gasteiger partial charge in [-0.25, -0.2) is 0 Å². The summed E-state index contributed by atoms with van der Waals surface area (Å²) in [6.45, 7) is 0. The molecule has 1 aromatic heterocycles. The largest absolute Gasteiger partial charge is 0.364 e. The highest BCUT2D eigenvalue weighted by molar-refractivity contribution is 5.90. The molecular weight excluding hydrogens is 142 g/mol. The van der Waals surface area contributed by atoms with Gasteiger partial charge in [0.05, 0.1) is 0 Å². The second kappa shape index (κ2) is 2.08. The number of nitrogens with zero attached hydrogens (tertiary/aromatic N) is 1. The highest BCUT2D eigenvalue weighted by atomic mass is 16.1. The van der Waals surface area contributed by atoms with Crippen molar-refractivity contribution in [3.05, 3.63) is 17.5 Å². The molecule has 2 rings (SSSR count). The van der Waals surface area contributed by atoms with Gasteiger partial charge in [0.2, 0.25) is 0 Å². The Balaban J connectivity index is 2.25. The highest BCUT2D eigenvalue weighted by Crippen LogP contribution is 2.38. The van der Waals surface area contributed by atoms with E-state index in [1.807, 2.05) is 0 Å². The summed E-state index contributed by atoms with van der Waals surface area (Å²) in [6, 6.07) is 1.74. The number of carbonyl (C=O) groups is 1. The minimum absolute atomic E-state index is 0.340. The van der Waals surface area contributed by atoms with Crippen LogP contribution in [0.1, 0.15) is 34.9 Å². The molecule has 0 radical (unpaired) electrons. The molecule has 1 heterocycles. The number of hydrogen-bond donors (Lipinski definition) is 2. The van der Waals surface area contributed by atoms with E-state index in [1.165, 1.54) is 12.8 Å². The molecule has 0 spiro atoms. The van der Waals surface area contributed by atoms with Crippen LogP contribution < -0.4 is 5.73 Å². The Labute approximate surface area is 63.8 Å². The first-order chi connectivity index (χ1) is 5.27. The van der Waals surface area contributed by atoms with Crippen molar-refractivity contribution in [2.45, 2.75) is 18.8 Å². The van der Waals surface area contributed by atoms with Gasteiger partial charge in [-0.3, -0.25) is 9.89 Å². The van der Waals surface area contributed by atoms with Gasteiger partial charge in [-0.2, -0.15) is 5.10 Å². The molecule has 4 nitrogen and oxygen atoms in total. The predicted molar refractivity (Wildman–Crippen MR) is 39.1 cm³/mol. The summed E-state index contributed by atoms with van der Waals surface area (Å²) in [5.74, 6) is 0.128. The van der Waals surface area contributed by atoms with Crippen molar-refractivity contribution in [2.24, 2.45) is 5.73 Å². The summed E-state index contributed by atoms with van der Waals surface area (Å²) in [5.41, 5.74) is 6.41. The van der Waals surface area contributed by atoms with E-state index in [1.54, 1.807) is 6.07 Å². The first-order valence-corrected chi connectivity index (χ1v) is 3.62. The van der Waals surface area contributed by atoms with Gasteiger partial charge in [-0.15, -0.1) is 0 Å². The van der Waals surface area contributed by atoms with Crippen LogP contribution in [0, 0.1) is 0 Å². The SMILES string of the molecule is NC(=O)c1cc(C2CC2)[nH]n1. The smallest absolute Gasteiger partial charge is 0.269 e. The fourth-order valence-corrected chi connectivity index (χ4v) is 1.07. The van der Waals surface area contributed by atoms with Crippen LogP contribution in [0.2, 0.25) is 0 Å². The van der Waals surface area contributed by atoms with Crippen molar-refractivity contribution in [2.75, 3.05) is 0 Å². The van der Waals surface area contributed by atoms with Crippen molar-refractivity contribution in [1.82, 2.24) is 10.2 Å². The molecule has 58 valence electrons. The van der Waals surface area contributed by atoms with Crippen LogP contribution in [-0.4, -0.2) is 16.1 Å². The topological polar surface area (TPSA) is 71.8 Å². The summed E-state index contributed by atoms with van der Waals surface area (Å²) in [4.78, 5) is 10.6. The highest BCUT2D eigenvalue weighted by Gasteiger charge is 2.25. The van der Waals surface area contributed by atoms with Gasteiger partial charge in [0, 0.05) is 11.6 Å². The third-order valence-corrected chi connectivity index (χ3v) is 1.87. The molecular formula is C7H9N3O. The maximum absolute atomic E-state index is 10.6. The van der Waals surface area contributed by atoms with Gasteiger partial charge >= 0.3 is 0 Å². The standard InChI is InChI=1S/C7H9N3O/c8-7(11)6-3-5(9-10-6)4-1-2-4/h3-4H,1-2H2,(H2,8,11)(H,9,10). The van der Waals surface area contributed by atoms with Crippen LogP contribution in [0.4, 0.5) is 0 Å². The number of H-pyrrole nitrogens is 1. The van der Waals surface area contributed by atoms with Crippen LogP contribution in [0.15, 0.2) is 6.07 Å². The zero-order valence-electron chi connectivity index (χ0n) is 6.00. The fraction of sp³-hybridized carbons (Fsp3) is 0.429. The molecule has 1 aromatic rings. The average Bonchev–Trinajstić information content (AvgIpc) is 2.68. The number of carbonyl (C=O) groups excluding carboxylic acids is 1. The van der Waals surface area contributed by atoms with Crippen molar-refractivity contribution in [1.29, 1.82) is 0 Å². The average molecular weight is 151 g/mol. The molecule has 1 aliphatic rings. The van der Waals surface area contributed by atoms with Crippen LogP contribution in [0.3, 0.4) is 0 Å². The third kappa shape index (κ3) is 1.11. The molecule has 3 N–H and O–H groups in total. The summed E-state index contributed by atoms with van der Waals surface area (Å²) in [5, 5.41) is 6.58. The Kier molecular flexibility index (Phi) is 1.21. The molecule has 4 heteroatoms. The number of aromatic amines is 1. The van der Waals surface area contributed by atoms with Crippen LogP contribution in [0.5, 0.6) is 0 Å². The Morgan fingerprint density at radius 3 is 2.91 bits per heavy atom. The number of rotatable bonds is 2. The molecule has 1 saturated carbocycles. The molecule has 0 aliphatic heterocycles. The lowest BCUT2D eigenvalue weighted by Gasteiger charge is -1.83. The Morgan fingerprint density at radius 1 is 1.73 bits per heavy atom. The predicted octanol–water partition coefficient (Wildman–Crippen LogP) is 0.386. The quantitative estimate of drug-likeness (QED) is 0.641. The van der Waals surface area contributed by atoms with Crippen LogP contribution in [-0.2, 0) is 0 Å². The maximum Gasteiger partial charge on any atom is 0.269 e. The summed E-state index contributed by atoms with van der Waals surface area (Å²) < 4.78 is 0. The number of aromatic nitrogens is 2. The van der Waals surface area contributed by atoms with E-state index < -0.39 is 5.91 Å². The molecule has 1 aliphatic carbocycles. The van der Waals surface area contributed by atoms with E-state index in [4.69, 9.17) is 5.73 Å². The monoisotopic (exact) mass is 151 g/mol. The number of primary amides is 1. The summed E-state index contributed by atoms with van der Waals surface area (Å²) in [7, 11) is 0. The lowest BCUT2D eigenvalue weighted by atomic mass is 10.2. The number of nitrogens with one attached hydrogen (secondary N) is 1. The van der Waals surface area contributed by atoms with E-state index in [0.717, 1.165) is 5.69 Å². The second-order valence-electron chi connectivity index (χ2n) is 2.85. The Hall–Kier alpha value is -1.32. The zero-order chi connectivity index (χ0) is 7.84. The second-order valence-corrected chi connectivity index (χ2v) is 2.85. The minimum atomic E-state index is -0.465. The van der Waals surface area contributed by atoms with E-state index >= 15 is 0 Å². The van der Waals surface area contributed by atoms with Crippen molar-refractivity contribution in [3.63, 3.8) is 0 Å². The molecule has 0 aromatic carbocycles. The van der Waals surface area contributed by atoms with Crippen molar-refractivity contribution in [3.8, 4) is 0 Å². The Morgan fingerprint density at radius 2 is 2.45 bits per heavy atom. The lowest BCUT2D eigenvalue weighted by molar-refractivity contribution is 0.0995. The molecule has 0 saturated heterocycles. The number of nitrogens with two attached hydrogens (primary N) is 1. The summed E-state index contributed by atoms with van der Waals surface area (Å²) >= 11 is 0. The molecule has 0 atom stereocenters. The third-order valence-electron chi connectivity index (χ3n) is 1.87. The Bertz CT molecular complexity index is 288. The van der Waals surface area contributed by atoms with Crippen molar-refractivity contribution < 1.29 is 4.79 Å². The van der Waals surface area contributed by atoms with Gasteiger partial charge in [-0.05, 0) is 18.9 Å². The van der Waals surface area contributed by atoms with Gasteiger partial charge in [0.15, 0.2) is 0 Å². The number of hydrogen-bond acceptors (Lipinski definition) is 2. The van der Waals surface area contributed by atoms with Gasteiger partial charge in [0.1, 0.15) is 5.69 Å². The van der Waals surface area contributed by atoms with E-state index in [0.29, 0.717) is 11.6 Å². The van der Waals surface area contributed by atoms with E-state index in [9.17, 15) is 4.79 Å². The molecule has 11 heavy (non-hydrogen) atoms. The van der Waals surface area contributed by atoms with Gasteiger partial charge < -0.3 is 5.73 Å². The van der Waals surface area contributed by atoms with E-state index in [2.05, 4.69) is 10.2 Å². The van der Waals surface area contributed by atoms with Gasteiger partial charge in [-0.1, -0.05) is 0 Å². The first kappa shape index (κ1) is 6.39. The lowest BCUT2D eigenvalue weighted by Crippen LogP contribution is -2.10. The first-order valence-electron chi connectivity index (χ1n) is 3.62. The van der Waals surface area contributed by atoms with Gasteiger partial charge in [0.25, 0.3) is 5.91 Å².